The molecule has 0 saturated carbocycles. The zero-order valence-electron chi connectivity index (χ0n) is 22.2. The van der Waals surface area contributed by atoms with Crippen molar-refractivity contribution < 1.29 is 18.0 Å². The Morgan fingerprint density at radius 1 is 0.949 bits per heavy atom. The van der Waals surface area contributed by atoms with Crippen molar-refractivity contribution in [3.8, 4) is 0 Å². The van der Waals surface area contributed by atoms with Crippen LogP contribution < -0.4 is 9.62 Å². The van der Waals surface area contributed by atoms with Crippen LogP contribution in [0.25, 0.3) is 0 Å². The molecule has 0 aliphatic rings. The number of hydrogen-bond donors (Lipinski definition) is 1. The van der Waals surface area contributed by atoms with Crippen LogP contribution in [0.5, 0.6) is 0 Å². The smallest absolute Gasteiger partial charge is 0.264 e. The number of hydrogen-bond acceptors (Lipinski definition) is 4. The second-order valence-corrected chi connectivity index (χ2v) is 12.0. The number of halogens is 2. The number of unbranched alkanes of at least 4 members (excludes halogenated alkanes) is 1. The molecule has 3 aromatic rings. The van der Waals surface area contributed by atoms with Crippen LogP contribution in [0.1, 0.15) is 37.8 Å². The Hall–Kier alpha value is -3.07. The van der Waals surface area contributed by atoms with Crippen molar-refractivity contribution in [1.82, 2.24) is 10.2 Å². The van der Waals surface area contributed by atoms with Gasteiger partial charge in [0.05, 0.1) is 10.6 Å². The van der Waals surface area contributed by atoms with E-state index >= 15 is 0 Å². The van der Waals surface area contributed by atoms with E-state index < -0.39 is 28.5 Å². The van der Waals surface area contributed by atoms with Gasteiger partial charge in [-0.25, -0.2) is 8.42 Å². The average Bonchev–Trinajstić information content (AvgIpc) is 2.92. The summed E-state index contributed by atoms with van der Waals surface area (Å²) >= 11 is 12.4. The van der Waals surface area contributed by atoms with Crippen LogP contribution in [0.3, 0.4) is 0 Å². The maximum atomic E-state index is 13.9. The number of rotatable bonds is 12. The van der Waals surface area contributed by atoms with Gasteiger partial charge < -0.3 is 10.2 Å². The van der Waals surface area contributed by atoms with Gasteiger partial charge in [0.15, 0.2) is 0 Å². The van der Waals surface area contributed by atoms with Crippen LogP contribution in [0, 0.1) is 6.92 Å². The van der Waals surface area contributed by atoms with Crippen molar-refractivity contribution >= 4 is 50.7 Å². The fraction of sp³-hybridized carbons (Fsp3) is 0.310. The molecular weight excluding hydrogens is 557 g/mol. The summed E-state index contributed by atoms with van der Waals surface area (Å²) in [6, 6.07) is 18.9. The van der Waals surface area contributed by atoms with Gasteiger partial charge in [-0.05, 0) is 67.8 Å². The summed E-state index contributed by atoms with van der Waals surface area (Å²) < 4.78 is 28.8. The summed E-state index contributed by atoms with van der Waals surface area (Å²) in [6.45, 7) is 5.40. The number of carbonyl (C=O) groups excluding carboxylic acids is 2. The third-order valence-electron chi connectivity index (χ3n) is 6.29. The molecule has 7 nitrogen and oxygen atoms in total. The van der Waals surface area contributed by atoms with Crippen molar-refractivity contribution in [3.63, 3.8) is 0 Å². The number of carbonyl (C=O) groups is 2. The predicted octanol–water partition coefficient (Wildman–Crippen LogP) is 5.83. The molecule has 1 atom stereocenters. The van der Waals surface area contributed by atoms with E-state index in [9.17, 15) is 18.0 Å². The van der Waals surface area contributed by atoms with E-state index in [0.717, 1.165) is 17.1 Å². The van der Waals surface area contributed by atoms with Crippen LogP contribution in [-0.4, -0.2) is 44.3 Å². The lowest BCUT2D eigenvalue weighted by Crippen LogP contribution is -2.51. The molecule has 1 N–H and O–H groups in total. The summed E-state index contributed by atoms with van der Waals surface area (Å²) in [4.78, 5) is 28.4. The molecule has 39 heavy (non-hydrogen) atoms. The van der Waals surface area contributed by atoms with Crippen molar-refractivity contribution in [3.05, 3.63) is 94.0 Å². The minimum absolute atomic E-state index is 0.0314. The molecule has 2 amide bonds. The summed E-state index contributed by atoms with van der Waals surface area (Å²) in [6.07, 6.45) is 1.71. The van der Waals surface area contributed by atoms with E-state index in [0.29, 0.717) is 27.7 Å². The van der Waals surface area contributed by atoms with Crippen molar-refractivity contribution in [2.24, 2.45) is 0 Å². The minimum atomic E-state index is -4.16. The summed E-state index contributed by atoms with van der Waals surface area (Å²) in [5.74, 6) is -0.873. The number of aryl methyl sites for hydroxylation is 1. The van der Waals surface area contributed by atoms with Crippen LogP contribution in [0.2, 0.25) is 10.0 Å². The van der Waals surface area contributed by atoms with Crippen LogP contribution in [-0.2, 0) is 26.2 Å². The number of amides is 2. The molecule has 3 aromatic carbocycles. The zero-order valence-corrected chi connectivity index (χ0v) is 24.6. The second kappa shape index (κ2) is 13.8. The highest BCUT2D eigenvalue weighted by Gasteiger charge is 2.33. The van der Waals surface area contributed by atoms with E-state index in [2.05, 4.69) is 5.32 Å². The van der Waals surface area contributed by atoms with Gasteiger partial charge in [0.1, 0.15) is 12.6 Å². The average molecular weight is 591 g/mol. The first-order chi connectivity index (χ1) is 18.5. The lowest BCUT2D eigenvalue weighted by molar-refractivity contribution is -0.139. The Morgan fingerprint density at radius 3 is 2.31 bits per heavy atom. The van der Waals surface area contributed by atoms with Crippen LogP contribution in [0.15, 0.2) is 77.7 Å². The van der Waals surface area contributed by atoms with Crippen molar-refractivity contribution in [2.75, 3.05) is 17.4 Å². The molecule has 0 radical (unpaired) electrons. The van der Waals surface area contributed by atoms with Crippen LogP contribution in [0.4, 0.5) is 5.69 Å². The van der Waals surface area contributed by atoms with Gasteiger partial charge >= 0.3 is 0 Å². The molecular formula is C29H33Cl2N3O4S. The molecule has 0 heterocycles. The predicted molar refractivity (Wildman–Crippen MR) is 157 cm³/mol. The molecule has 0 saturated heterocycles. The fourth-order valence-electron chi connectivity index (χ4n) is 4.03. The third-order valence-corrected chi connectivity index (χ3v) is 8.53. The number of benzene rings is 3. The van der Waals surface area contributed by atoms with Gasteiger partial charge in [-0.3, -0.25) is 13.9 Å². The molecule has 0 spiro atoms. The fourth-order valence-corrected chi connectivity index (χ4v) is 5.91. The molecule has 0 aliphatic heterocycles. The zero-order chi connectivity index (χ0) is 28.6. The molecule has 208 valence electrons. The Kier molecular flexibility index (Phi) is 10.8. The summed E-state index contributed by atoms with van der Waals surface area (Å²) in [5.41, 5.74) is 1.61. The topological polar surface area (TPSA) is 86.8 Å². The Morgan fingerprint density at radius 2 is 1.64 bits per heavy atom. The second-order valence-electron chi connectivity index (χ2n) is 9.23. The van der Waals surface area contributed by atoms with E-state index in [1.54, 1.807) is 68.4 Å². The first-order valence-corrected chi connectivity index (χ1v) is 14.9. The van der Waals surface area contributed by atoms with Gasteiger partial charge in [-0.2, -0.15) is 0 Å². The standard InChI is InChI=1S/C29H33Cl2N3O4S/c1-4-5-16-32-29(36)22(3)33(19-23-10-9-11-24(30)17-23)28(35)20-34(27-18-25(31)15-14-21(27)2)39(37,38)26-12-7-6-8-13-26/h6-15,17-18,22H,4-5,16,19-20H2,1-3H3,(H,32,36). The monoisotopic (exact) mass is 589 g/mol. The van der Waals surface area contributed by atoms with Gasteiger partial charge in [0.2, 0.25) is 11.8 Å². The highest BCUT2D eigenvalue weighted by molar-refractivity contribution is 7.92. The molecule has 0 fully saturated rings. The molecule has 3 rings (SSSR count). The molecule has 10 heteroatoms. The quantitative estimate of drug-likeness (QED) is 0.269. The Balaban J connectivity index is 2.03. The summed E-state index contributed by atoms with van der Waals surface area (Å²) in [7, 11) is -4.16. The van der Waals surface area contributed by atoms with Gasteiger partial charge in [-0.1, -0.05) is 72.9 Å². The number of nitrogens with zero attached hydrogens (tertiary/aromatic N) is 2. The lowest BCUT2D eigenvalue weighted by atomic mass is 10.1. The first-order valence-electron chi connectivity index (χ1n) is 12.7. The molecule has 0 aliphatic carbocycles. The van der Waals surface area contributed by atoms with E-state index in [4.69, 9.17) is 23.2 Å². The van der Waals surface area contributed by atoms with E-state index in [1.807, 2.05) is 6.92 Å². The molecule has 1 unspecified atom stereocenters. The van der Waals surface area contributed by atoms with Gasteiger partial charge in [0, 0.05) is 23.1 Å². The minimum Gasteiger partial charge on any atom is -0.354 e. The van der Waals surface area contributed by atoms with E-state index in [-0.39, 0.29) is 23.0 Å². The maximum absolute atomic E-state index is 13.9. The number of sulfonamides is 1. The normalized spacial score (nSPS) is 12.0. The van der Waals surface area contributed by atoms with Crippen molar-refractivity contribution in [1.29, 1.82) is 0 Å². The van der Waals surface area contributed by atoms with Crippen LogP contribution >= 0.6 is 23.2 Å². The molecule has 0 bridgehead atoms. The molecule has 0 aromatic heterocycles. The summed E-state index contributed by atoms with van der Waals surface area (Å²) in [5, 5.41) is 3.68. The van der Waals surface area contributed by atoms with Crippen molar-refractivity contribution in [2.45, 2.75) is 51.1 Å². The third kappa shape index (κ3) is 7.97. The van der Waals surface area contributed by atoms with Gasteiger partial charge in [-0.15, -0.1) is 0 Å². The lowest BCUT2D eigenvalue weighted by Gasteiger charge is -2.32. The SMILES string of the molecule is CCCCNC(=O)C(C)N(Cc1cccc(Cl)c1)C(=O)CN(c1cc(Cl)ccc1C)S(=O)(=O)c1ccccc1. The highest BCUT2D eigenvalue weighted by atomic mass is 35.5. The Labute approximate surface area is 240 Å². The van der Waals surface area contributed by atoms with Gasteiger partial charge in [0.25, 0.3) is 10.0 Å². The largest absolute Gasteiger partial charge is 0.354 e. The highest BCUT2D eigenvalue weighted by Crippen LogP contribution is 2.30. The maximum Gasteiger partial charge on any atom is 0.264 e. The first kappa shape index (κ1) is 30.5. The number of nitrogens with one attached hydrogen (secondary N) is 1. The van der Waals surface area contributed by atoms with E-state index in [1.165, 1.54) is 23.1 Å². The number of anilines is 1. The Bertz CT molecular complexity index is 1400.